The van der Waals surface area contributed by atoms with Gasteiger partial charge in [0.2, 0.25) is 0 Å². The number of pyridine rings is 1. The second-order valence-corrected chi connectivity index (χ2v) is 6.34. The lowest BCUT2D eigenvalue weighted by Crippen LogP contribution is -2.43. The molecule has 0 amide bonds. The van der Waals surface area contributed by atoms with Crippen molar-refractivity contribution in [2.75, 3.05) is 32.1 Å². The molecular formula is C16H27N3O. The Morgan fingerprint density at radius 2 is 1.95 bits per heavy atom. The molecule has 20 heavy (non-hydrogen) atoms. The number of aliphatic hydroxyl groups is 1. The first-order valence-corrected chi connectivity index (χ1v) is 7.52. The number of rotatable bonds is 4. The van der Waals surface area contributed by atoms with Crippen molar-refractivity contribution in [3.05, 3.63) is 23.5 Å². The van der Waals surface area contributed by atoms with Gasteiger partial charge in [-0.2, -0.15) is 0 Å². The van der Waals surface area contributed by atoms with Crippen LogP contribution in [0.1, 0.15) is 38.1 Å². The van der Waals surface area contributed by atoms with Crippen LogP contribution >= 0.6 is 0 Å². The van der Waals surface area contributed by atoms with Gasteiger partial charge in [0.15, 0.2) is 0 Å². The molecule has 0 aromatic carbocycles. The molecule has 1 aliphatic rings. The highest BCUT2D eigenvalue weighted by Gasteiger charge is 2.28. The Kier molecular flexibility index (Phi) is 4.66. The van der Waals surface area contributed by atoms with Crippen molar-refractivity contribution in [2.24, 2.45) is 0 Å². The molecule has 2 heterocycles. The summed E-state index contributed by atoms with van der Waals surface area (Å²) in [5.74, 6) is 0. The number of aromatic nitrogens is 1. The summed E-state index contributed by atoms with van der Waals surface area (Å²) in [6, 6.07) is 4.33. The highest BCUT2D eigenvalue weighted by atomic mass is 16.3. The lowest BCUT2D eigenvalue weighted by molar-refractivity contribution is 0.0351. The van der Waals surface area contributed by atoms with Gasteiger partial charge in [-0.05, 0) is 52.4 Å². The van der Waals surface area contributed by atoms with Crippen LogP contribution in [0.5, 0.6) is 0 Å². The lowest BCUT2D eigenvalue weighted by Gasteiger charge is -2.38. The van der Waals surface area contributed by atoms with Crippen LogP contribution in [0.15, 0.2) is 12.1 Å². The van der Waals surface area contributed by atoms with Gasteiger partial charge in [-0.1, -0.05) is 6.92 Å². The first-order valence-electron chi connectivity index (χ1n) is 7.52. The summed E-state index contributed by atoms with van der Waals surface area (Å²) >= 11 is 0. The van der Waals surface area contributed by atoms with Gasteiger partial charge in [-0.15, -0.1) is 0 Å². The van der Waals surface area contributed by atoms with Crippen molar-refractivity contribution in [2.45, 2.75) is 45.3 Å². The Balaban J connectivity index is 2.22. The van der Waals surface area contributed by atoms with E-state index in [-0.39, 0.29) is 0 Å². The molecule has 0 saturated carbocycles. The fourth-order valence-corrected chi connectivity index (χ4v) is 2.67. The van der Waals surface area contributed by atoms with E-state index in [0.717, 1.165) is 50.3 Å². The zero-order valence-electron chi connectivity index (χ0n) is 13.2. The van der Waals surface area contributed by atoms with E-state index in [2.05, 4.69) is 43.0 Å². The average molecular weight is 277 g/mol. The van der Waals surface area contributed by atoms with E-state index in [1.807, 2.05) is 6.92 Å². The maximum atomic E-state index is 10.1. The van der Waals surface area contributed by atoms with Gasteiger partial charge in [0, 0.05) is 25.3 Å². The van der Waals surface area contributed by atoms with E-state index < -0.39 is 5.60 Å². The first kappa shape index (κ1) is 15.3. The number of piperidine rings is 1. The number of nitrogens with zero attached hydrogens (tertiary/aromatic N) is 3. The van der Waals surface area contributed by atoms with Crippen LogP contribution in [-0.4, -0.2) is 47.8 Å². The van der Waals surface area contributed by atoms with Crippen LogP contribution in [0.3, 0.4) is 0 Å². The van der Waals surface area contributed by atoms with Crippen molar-refractivity contribution in [3.63, 3.8) is 0 Å². The van der Waals surface area contributed by atoms with Crippen molar-refractivity contribution < 1.29 is 5.11 Å². The van der Waals surface area contributed by atoms with Gasteiger partial charge in [0.05, 0.1) is 17.0 Å². The first-order chi connectivity index (χ1) is 9.41. The largest absolute Gasteiger partial charge is 0.390 e. The van der Waals surface area contributed by atoms with Crippen molar-refractivity contribution in [3.8, 4) is 0 Å². The molecule has 0 atom stereocenters. The maximum Gasteiger partial charge on any atom is 0.0779 e. The third kappa shape index (κ3) is 3.70. The monoisotopic (exact) mass is 277 g/mol. The fraction of sp³-hybridized carbons (Fsp3) is 0.688. The quantitative estimate of drug-likeness (QED) is 0.914. The minimum atomic E-state index is -0.505. The molecule has 1 fully saturated rings. The summed E-state index contributed by atoms with van der Waals surface area (Å²) in [4.78, 5) is 9.32. The van der Waals surface area contributed by atoms with Gasteiger partial charge < -0.3 is 14.9 Å². The Morgan fingerprint density at radius 1 is 1.30 bits per heavy atom. The zero-order chi connectivity index (χ0) is 14.8. The summed E-state index contributed by atoms with van der Waals surface area (Å²) in [6.45, 7) is 6.74. The van der Waals surface area contributed by atoms with E-state index in [0.29, 0.717) is 0 Å². The van der Waals surface area contributed by atoms with Crippen LogP contribution in [-0.2, 0) is 13.0 Å². The van der Waals surface area contributed by atoms with Gasteiger partial charge >= 0.3 is 0 Å². The van der Waals surface area contributed by atoms with Crippen LogP contribution in [0.4, 0.5) is 5.69 Å². The Bertz CT molecular complexity index is 447. The van der Waals surface area contributed by atoms with Gasteiger partial charge in [0.25, 0.3) is 0 Å². The molecular weight excluding hydrogens is 250 g/mol. The van der Waals surface area contributed by atoms with E-state index in [9.17, 15) is 5.11 Å². The van der Waals surface area contributed by atoms with Crippen molar-refractivity contribution in [1.82, 2.24) is 9.88 Å². The highest BCUT2D eigenvalue weighted by Crippen LogP contribution is 2.28. The summed E-state index contributed by atoms with van der Waals surface area (Å²) < 4.78 is 0. The molecule has 1 saturated heterocycles. The number of aryl methyl sites for hydroxylation is 1. The van der Waals surface area contributed by atoms with Crippen molar-refractivity contribution in [1.29, 1.82) is 0 Å². The summed E-state index contributed by atoms with van der Waals surface area (Å²) in [5, 5.41) is 10.1. The third-order valence-electron chi connectivity index (χ3n) is 4.02. The topological polar surface area (TPSA) is 39.6 Å². The van der Waals surface area contributed by atoms with Gasteiger partial charge in [-0.25, -0.2) is 0 Å². The molecule has 2 rings (SSSR count). The second kappa shape index (κ2) is 6.10. The molecule has 112 valence electrons. The van der Waals surface area contributed by atoms with Crippen LogP contribution in [0, 0.1) is 0 Å². The van der Waals surface area contributed by atoms with Crippen LogP contribution in [0.25, 0.3) is 0 Å². The van der Waals surface area contributed by atoms with E-state index in [1.54, 1.807) is 0 Å². The van der Waals surface area contributed by atoms with E-state index >= 15 is 0 Å². The van der Waals surface area contributed by atoms with E-state index in [4.69, 9.17) is 4.98 Å². The normalized spacial score (nSPS) is 18.6. The molecule has 1 N–H and O–H groups in total. The Labute approximate surface area is 122 Å². The zero-order valence-corrected chi connectivity index (χ0v) is 13.2. The standard InChI is InChI=1S/C16H27N3O/c1-5-13-6-7-15(14(17-13)12-18(3)4)19-10-8-16(2,20)9-11-19/h6-7,20H,5,8-12H2,1-4H3. The number of anilines is 1. The van der Waals surface area contributed by atoms with Crippen molar-refractivity contribution >= 4 is 5.69 Å². The molecule has 1 aromatic heterocycles. The number of hydrogen-bond acceptors (Lipinski definition) is 4. The third-order valence-corrected chi connectivity index (χ3v) is 4.02. The molecule has 0 spiro atoms. The molecule has 0 aliphatic carbocycles. The lowest BCUT2D eigenvalue weighted by atomic mass is 9.93. The van der Waals surface area contributed by atoms with Crippen LogP contribution in [0.2, 0.25) is 0 Å². The minimum absolute atomic E-state index is 0.505. The summed E-state index contributed by atoms with van der Waals surface area (Å²) in [7, 11) is 4.15. The maximum absolute atomic E-state index is 10.1. The molecule has 1 aromatic rings. The highest BCUT2D eigenvalue weighted by molar-refractivity contribution is 5.51. The molecule has 0 bridgehead atoms. The average Bonchev–Trinajstić information content (AvgIpc) is 2.38. The van der Waals surface area contributed by atoms with Crippen LogP contribution < -0.4 is 4.90 Å². The number of hydrogen-bond donors (Lipinski definition) is 1. The molecule has 0 radical (unpaired) electrons. The predicted octanol–water partition coefficient (Wildman–Crippen LogP) is 2.06. The molecule has 0 unspecified atom stereocenters. The smallest absolute Gasteiger partial charge is 0.0779 e. The van der Waals surface area contributed by atoms with Gasteiger partial charge in [0.1, 0.15) is 0 Å². The molecule has 4 nitrogen and oxygen atoms in total. The van der Waals surface area contributed by atoms with Gasteiger partial charge in [-0.3, -0.25) is 4.98 Å². The van der Waals surface area contributed by atoms with E-state index in [1.165, 1.54) is 5.69 Å². The minimum Gasteiger partial charge on any atom is -0.390 e. The Hall–Kier alpha value is -1.13. The second-order valence-electron chi connectivity index (χ2n) is 6.34. The molecule has 4 heteroatoms. The fourth-order valence-electron chi connectivity index (χ4n) is 2.67. The summed E-state index contributed by atoms with van der Waals surface area (Å²) in [5.41, 5.74) is 3.02. The Morgan fingerprint density at radius 3 is 2.50 bits per heavy atom. The SMILES string of the molecule is CCc1ccc(N2CCC(C)(O)CC2)c(CN(C)C)n1. The molecule has 1 aliphatic heterocycles. The summed E-state index contributed by atoms with van der Waals surface area (Å²) in [6.07, 6.45) is 2.61. The predicted molar refractivity (Wildman–Crippen MR) is 83.1 cm³/mol.